The van der Waals surface area contributed by atoms with E-state index in [9.17, 15) is 9.90 Å². The number of aromatic amines is 1. The Balaban J connectivity index is 1.92. The highest BCUT2D eigenvalue weighted by Crippen LogP contribution is 2.19. The molecule has 0 aliphatic heterocycles. The van der Waals surface area contributed by atoms with Gasteiger partial charge in [0.1, 0.15) is 0 Å². The van der Waals surface area contributed by atoms with Gasteiger partial charge in [0, 0.05) is 11.2 Å². The third-order valence-corrected chi connectivity index (χ3v) is 2.67. The zero-order valence-electron chi connectivity index (χ0n) is 9.43. The number of nitrogens with one attached hydrogen (secondary N) is 2. The molecule has 6 heteroatoms. The van der Waals surface area contributed by atoms with Crippen LogP contribution in [0.5, 0.6) is 0 Å². The topological polar surface area (TPSA) is 78.0 Å². The molecule has 0 radical (unpaired) electrons. The predicted molar refractivity (Wildman–Crippen MR) is 68.2 cm³/mol. The summed E-state index contributed by atoms with van der Waals surface area (Å²) in [4.78, 5) is 11.6. The first kappa shape index (κ1) is 12.6. The molecule has 2 aromatic rings. The Labute approximate surface area is 109 Å². The second kappa shape index (κ2) is 5.66. The highest BCUT2D eigenvalue weighted by Gasteiger charge is 2.13. The molecule has 94 valence electrons. The maximum Gasteiger partial charge on any atom is 0.227 e. The van der Waals surface area contributed by atoms with Crippen LogP contribution in [-0.4, -0.2) is 21.2 Å². The Bertz CT molecular complexity index is 511. The summed E-state index contributed by atoms with van der Waals surface area (Å²) in [5.74, 6) is -0.279. The number of hydrogen-bond acceptors (Lipinski definition) is 3. The van der Waals surface area contributed by atoms with Gasteiger partial charge in [-0.05, 0) is 17.7 Å². The molecule has 18 heavy (non-hydrogen) atoms. The van der Waals surface area contributed by atoms with Crippen molar-refractivity contribution < 1.29 is 9.90 Å². The molecule has 0 saturated heterocycles. The first-order valence-electron chi connectivity index (χ1n) is 5.37. The molecule has 0 saturated carbocycles. The van der Waals surface area contributed by atoms with Gasteiger partial charge in [-0.3, -0.25) is 9.89 Å². The zero-order chi connectivity index (χ0) is 13.0. The van der Waals surface area contributed by atoms with Crippen LogP contribution in [0.25, 0.3) is 0 Å². The van der Waals surface area contributed by atoms with Gasteiger partial charge in [-0.15, -0.1) is 0 Å². The van der Waals surface area contributed by atoms with Crippen molar-refractivity contribution in [3.05, 3.63) is 47.2 Å². The number of rotatable bonds is 4. The van der Waals surface area contributed by atoms with Gasteiger partial charge in [-0.2, -0.15) is 5.10 Å². The van der Waals surface area contributed by atoms with Gasteiger partial charge in [0.05, 0.1) is 24.4 Å². The molecule has 1 atom stereocenters. The highest BCUT2D eigenvalue weighted by molar-refractivity contribution is 6.30. The maximum absolute atomic E-state index is 11.6. The lowest BCUT2D eigenvalue weighted by atomic mass is 10.1. The van der Waals surface area contributed by atoms with Gasteiger partial charge in [0.25, 0.3) is 0 Å². The molecule has 0 bridgehead atoms. The number of benzene rings is 1. The molecule has 5 nitrogen and oxygen atoms in total. The summed E-state index contributed by atoms with van der Waals surface area (Å²) in [7, 11) is 0. The van der Waals surface area contributed by atoms with Gasteiger partial charge in [-0.1, -0.05) is 23.7 Å². The summed E-state index contributed by atoms with van der Waals surface area (Å²) in [6, 6.07) is 6.73. The summed E-state index contributed by atoms with van der Waals surface area (Å²) in [6.07, 6.45) is 2.18. The van der Waals surface area contributed by atoms with Crippen molar-refractivity contribution in [2.45, 2.75) is 12.5 Å². The van der Waals surface area contributed by atoms with Gasteiger partial charge in [-0.25, -0.2) is 0 Å². The van der Waals surface area contributed by atoms with Crippen molar-refractivity contribution in [2.75, 3.05) is 5.32 Å². The Hall–Kier alpha value is -1.85. The Morgan fingerprint density at radius 3 is 2.78 bits per heavy atom. The first-order valence-corrected chi connectivity index (χ1v) is 5.75. The lowest BCUT2D eigenvalue weighted by molar-refractivity contribution is -0.118. The molecular weight excluding hydrogens is 254 g/mol. The normalized spacial score (nSPS) is 12.1. The van der Waals surface area contributed by atoms with E-state index in [1.807, 2.05) is 0 Å². The van der Waals surface area contributed by atoms with E-state index in [1.165, 1.54) is 6.20 Å². The predicted octanol–water partition coefficient (Wildman–Crippen LogP) is 2.13. The van der Waals surface area contributed by atoms with E-state index < -0.39 is 6.10 Å². The van der Waals surface area contributed by atoms with E-state index in [2.05, 4.69) is 15.5 Å². The van der Waals surface area contributed by atoms with Crippen LogP contribution < -0.4 is 5.32 Å². The minimum atomic E-state index is -0.853. The number of aliphatic hydroxyl groups excluding tert-OH is 1. The molecule has 1 aromatic carbocycles. The van der Waals surface area contributed by atoms with Crippen LogP contribution in [0, 0.1) is 0 Å². The quantitative estimate of drug-likeness (QED) is 0.792. The van der Waals surface area contributed by atoms with Gasteiger partial charge in [0.15, 0.2) is 0 Å². The monoisotopic (exact) mass is 265 g/mol. The second-order valence-corrected chi connectivity index (χ2v) is 4.24. The van der Waals surface area contributed by atoms with E-state index >= 15 is 0 Å². The van der Waals surface area contributed by atoms with Gasteiger partial charge >= 0.3 is 0 Å². The summed E-state index contributed by atoms with van der Waals surface area (Å²) < 4.78 is 0. The first-order chi connectivity index (χ1) is 8.65. The molecule has 1 heterocycles. The number of H-pyrrole nitrogens is 1. The third-order valence-electron chi connectivity index (χ3n) is 2.42. The SMILES string of the molecule is O=C(CC(O)c1ccc(Cl)cc1)Nc1cn[nH]c1. The molecular formula is C12H12ClN3O2. The number of aliphatic hydroxyl groups is 1. The Morgan fingerprint density at radius 2 is 2.17 bits per heavy atom. The van der Waals surface area contributed by atoms with Crippen molar-refractivity contribution >= 4 is 23.2 Å². The molecule has 0 fully saturated rings. The minimum Gasteiger partial charge on any atom is -0.388 e. The number of hydrogen-bond donors (Lipinski definition) is 3. The van der Waals surface area contributed by atoms with E-state index in [0.717, 1.165) is 0 Å². The highest BCUT2D eigenvalue weighted by atomic mass is 35.5. The Kier molecular flexibility index (Phi) is 3.96. The van der Waals surface area contributed by atoms with Crippen molar-refractivity contribution in [3.63, 3.8) is 0 Å². The Morgan fingerprint density at radius 1 is 1.44 bits per heavy atom. The molecule has 3 N–H and O–H groups in total. The minimum absolute atomic E-state index is 0.0210. The smallest absolute Gasteiger partial charge is 0.227 e. The van der Waals surface area contributed by atoms with Crippen LogP contribution in [0.15, 0.2) is 36.7 Å². The number of amides is 1. The van der Waals surface area contributed by atoms with Crippen molar-refractivity contribution in [3.8, 4) is 0 Å². The lowest BCUT2D eigenvalue weighted by Crippen LogP contribution is -2.15. The van der Waals surface area contributed by atoms with E-state index in [0.29, 0.717) is 16.3 Å². The second-order valence-electron chi connectivity index (χ2n) is 3.81. The number of carbonyl (C=O) groups excluding carboxylic acids is 1. The molecule has 2 rings (SSSR count). The van der Waals surface area contributed by atoms with Crippen LogP contribution in [0.3, 0.4) is 0 Å². The maximum atomic E-state index is 11.6. The number of carbonyl (C=O) groups is 1. The van der Waals surface area contributed by atoms with Gasteiger partial charge in [0.2, 0.25) is 5.91 Å². The number of halogens is 1. The van der Waals surface area contributed by atoms with E-state index in [4.69, 9.17) is 11.6 Å². The number of aromatic nitrogens is 2. The van der Waals surface area contributed by atoms with Crippen LogP contribution in [0.4, 0.5) is 5.69 Å². The van der Waals surface area contributed by atoms with Gasteiger partial charge < -0.3 is 10.4 Å². The van der Waals surface area contributed by atoms with Crippen LogP contribution in [-0.2, 0) is 4.79 Å². The zero-order valence-corrected chi connectivity index (χ0v) is 10.2. The fourth-order valence-electron chi connectivity index (χ4n) is 1.51. The summed E-state index contributed by atoms with van der Waals surface area (Å²) in [5, 5.41) is 19.4. The van der Waals surface area contributed by atoms with E-state index in [1.54, 1.807) is 30.5 Å². The fourth-order valence-corrected chi connectivity index (χ4v) is 1.64. The summed E-state index contributed by atoms with van der Waals surface area (Å²) >= 11 is 5.75. The van der Waals surface area contributed by atoms with Crippen molar-refractivity contribution in [1.82, 2.24) is 10.2 Å². The van der Waals surface area contributed by atoms with Crippen LogP contribution in [0.1, 0.15) is 18.1 Å². The summed E-state index contributed by atoms with van der Waals surface area (Å²) in [6.45, 7) is 0. The molecule has 0 aliphatic carbocycles. The van der Waals surface area contributed by atoms with Crippen molar-refractivity contribution in [1.29, 1.82) is 0 Å². The van der Waals surface area contributed by atoms with Crippen LogP contribution >= 0.6 is 11.6 Å². The van der Waals surface area contributed by atoms with Crippen LogP contribution in [0.2, 0.25) is 5.02 Å². The number of nitrogens with zero attached hydrogens (tertiary/aromatic N) is 1. The average Bonchev–Trinajstić information content (AvgIpc) is 2.82. The van der Waals surface area contributed by atoms with E-state index in [-0.39, 0.29) is 12.3 Å². The molecule has 0 spiro atoms. The molecule has 0 aliphatic rings. The lowest BCUT2D eigenvalue weighted by Gasteiger charge is -2.10. The largest absolute Gasteiger partial charge is 0.388 e. The molecule has 1 amide bonds. The number of anilines is 1. The average molecular weight is 266 g/mol. The fraction of sp³-hybridized carbons (Fsp3) is 0.167. The van der Waals surface area contributed by atoms with Crippen molar-refractivity contribution in [2.24, 2.45) is 0 Å². The third kappa shape index (κ3) is 3.32. The molecule has 1 aromatic heterocycles. The standard InChI is InChI=1S/C12H12ClN3O2/c13-9-3-1-8(2-4-9)11(17)5-12(18)16-10-6-14-15-7-10/h1-4,6-7,11,17H,5H2,(H,14,15)(H,16,18). The summed E-state index contributed by atoms with van der Waals surface area (Å²) in [5.41, 5.74) is 1.23. The molecule has 1 unspecified atom stereocenters.